The van der Waals surface area contributed by atoms with Gasteiger partial charge in [0.1, 0.15) is 0 Å². The molecule has 15 heavy (non-hydrogen) atoms. The second-order valence-corrected chi connectivity index (χ2v) is 5.27. The van der Waals surface area contributed by atoms with Crippen molar-refractivity contribution in [3.8, 4) is 0 Å². The Kier molecular flexibility index (Phi) is 5.58. The molecular weight excluding hydrogens is 186 g/mol. The molecular formula is C12H27N3. The molecule has 1 aliphatic carbocycles. The minimum absolute atomic E-state index is 0.445. The van der Waals surface area contributed by atoms with Crippen molar-refractivity contribution in [2.75, 3.05) is 40.8 Å². The molecule has 2 atom stereocenters. The molecule has 2 N–H and O–H groups in total. The van der Waals surface area contributed by atoms with Crippen LogP contribution in [0.5, 0.6) is 0 Å². The van der Waals surface area contributed by atoms with E-state index in [4.69, 9.17) is 5.73 Å². The first kappa shape index (κ1) is 12.9. The van der Waals surface area contributed by atoms with Gasteiger partial charge < -0.3 is 15.5 Å². The lowest BCUT2D eigenvalue weighted by molar-refractivity contribution is 0.199. The highest BCUT2D eigenvalue weighted by atomic mass is 15.1. The third-order valence-electron chi connectivity index (χ3n) is 3.44. The number of nitrogens with zero attached hydrogens (tertiary/aromatic N) is 2. The molecule has 0 amide bonds. The third-order valence-corrected chi connectivity index (χ3v) is 3.44. The van der Waals surface area contributed by atoms with Crippen molar-refractivity contribution in [2.45, 2.75) is 31.7 Å². The van der Waals surface area contributed by atoms with Crippen LogP contribution in [0.3, 0.4) is 0 Å². The van der Waals surface area contributed by atoms with Crippen LogP contribution >= 0.6 is 0 Å². The fourth-order valence-corrected chi connectivity index (χ4v) is 2.33. The SMILES string of the molecule is CN(C)CCN(C)CC1CCCCC1N. The van der Waals surface area contributed by atoms with Gasteiger partial charge in [-0.25, -0.2) is 0 Å². The zero-order valence-electron chi connectivity index (χ0n) is 10.6. The summed E-state index contributed by atoms with van der Waals surface area (Å²) in [6.07, 6.45) is 5.26. The van der Waals surface area contributed by atoms with Crippen molar-refractivity contribution in [2.24, 2.45) is 11.7 Å². The van der Waals surface area contributed by atoms with Crippen molar-refractivity contribution >= 4 is 0 Å². The first-order valence-corrected chi connectivity index (χ1v) is 6.18. The van der Waals surface area contributed by atoms with E-state index in [1.807, 2.05) is 0 Å². The molecule has 0 bridgehead atoms. The molecule has 1 aliphatic rings. The largest absolute Gasteiger partial charge is 0.327 e. The van der Waals surface area contributed by atoms with E-state index < -0.39 is 0 Å². The van der Waals surface area contributed by atoms with E-state index in [1.54, 1.807) is 0 Å². The van der Waals surface area contributed by atoms with Crippen molar-refractivity contribution in [1.29, 1.82) is 0 Å². The van der Waals surface area contributed by atoms with E-state index >= 15 is 0 Å². The van der Waals surface area contributed by atoms with Gasteiger partial charge in [0, 0.05) is 25.7 Å². The molecule has 0 aromatic rings. The lowest BCUT2D eigenvalue weighted by atomic mass is 9.85. The molecule has 0 radical (unpaired) electrons. The molecule has 0 aromatic heterocycles. The Morgan fingerprint density at radius 1 is 1.07 bits per heavy atom. The predicted octanol–water partition coefficient (Wildman–Crippen LogP) is 0.997. The number of nitrogens with two attached hydrogens (primary N) is 1. The maximum absolute atomic E-state index is 6.15. The van der Waals surface area contributed by atoms with Gasteiger partial charge in [-0.3, -0.25) is 0 Å². The van der Waals surface area contributed by atoms with Gasteiger partial charge in [-0.05, 0) is 39.9 Å². The summed E-state index contributed by atoms with van der Waals surface area (Å²) in [5, 5.41) is 0. The number of hydrogen-bond donors (Lipinski definition) is 1. The van der Waals surface area contributed by atoms with Crippen molar-refractivity contribution < 1.29 is 0 Å². The summed E-state index contributed by atoms with van der Waals surface area (Å²) in [4.78, 5) is 4.66. The second kappa shape index (κ2) is 6.46. The summed E-state index contributed by atoms with van der Waals surface area (Å²) in [6, 6.07) is 0.445. The highest BCUT2D eigenvalue weighted by molar-refractivity contribution is 4.79. The van der Waals surface area contributed by atoms with Gasteiger partial charge in [-0.2, -0.15) is 0 Å². The second-order valence-electron chi connectivity index (χ2n) is 5.27. The molecule has 0 heterocycles. The van der Waals surface area contributed by atoms with Crippen LogP contribution in [0.15, 0.2) is 0 Å². The quantitative estimate of drug-likeness (QED) is 0.739. The number of hydrogen-bond acceptors (Lipinski definition) is 3. The average Bonchev–Trinajstić information content (AvgIpc) is 2.18. The Hall–Kier alpha value is -0.120. The summed E-state index contributed by atoms with van der Waals surface area (Å²) in [5.41, 5.74) is 6.15. The fraction of sp³-hybridized carbons (Fsp3) is 1.00. The lowest BCUT2D eigenvalue weighted by Crippen LogP contribution is -2.41. The molecule has 1 saturated carbocycles. The van der Waals surface area contributed by atoms with Crippen LogP contribution in [-0.4, -0.2) is 56.6 Å². The Balaban J connectivity index is 2.20. The standard InChI is InChI=1S/C12H27N3/c1-14(2)8-9-15(3)10-11-6-4-5-7-12(11)13/h11-12H,4-10,13H2,1-3H3. The van der Waals surface area contributed by atoms with Crippen LogP contribution in [0, 0.1) is 5.92 Å². The van der Waals surface area contributed by atoms with Crippen LogP contribution in [0.25, 0.3) is 0 Å². The van der Waals surface area contributed by atoms with Gasteiger partial charge in [0.15, 0.2) is 0 Å². The van der Waals surface area contributed by atoms with E-state index in [0.29, 0.717) is 6.04 Å². The van der Waals surface area contributed by atoms with E-state index in [9.17, 15) is 0 Å². The third kappa shape index (κ3) is 4.96. The lowest BCUT2D eigenvalue weighted by Gasteiger charge is -2.32. The minimum atomic E-state index is 0.445. The zero-order valence-corrected chi connectivity index (χ0v) is 10.6. The van der Waals surface area contributed by atoms with E-state index in [-0.39, 0.29) is 0 Å². The predicted molar refractivity (Wildman–Crippen MR) is 66.0 cm³/mol. The van der Waals surface area contributed by atoms with E-state index in [1.165, 1.54) is 32.2 Å². The maximum atomic E-state index is 6.15. The maximum Gasteiger partial charge on any atom is 0.0106 e. The van der Waals surface area contributed by atoms with Gasteiger partial charge in [0.05, 0.1) is 0 Å². The van der Waals surface area contributed by atoms with Crippen LogP contribution < -0.4 is 5.73 Å². The van der Waals surface area contributed by atoms with Crippen LogP contribution in [0.2, 0.25) is 0 Å². The van der Waals surface area contributed by atoms with Gasteiger partial charge in [0.2, 0.25) is 0 Å². The van der Waals surface area contributed by atoms with Gasteiger partial charge in [-0.15, -0.1) is 0 Å². The topological polar surface area (TPSA) is 32.5 Å². The van der Waals surface area contributed by atoms with E-state index in [2.05, 4.69) is 30.9 Å². The molecule has 2 unspecified atom stereocenters. The first-order chi connectivity index (χ1) is 7.09. The Morgan fingerprint density at radius 3 is 2.33 bits per heavy atom. The molecule has 3 nitrogen and oxygen atoms in total. The number of likely N-dealkylation sites (N-methyl/N-ethyl adjacent to an activating group) is 2. The smallest absolute Gasteiger partial charge is 0.0106 e. The fourth-order valence-electron chi connectivity index (χ4n) is 2.33. The normalized spacial score (nSPS) is 27.6. The van der Waals surface area contributed by atoms with Crippen molar-refractivity contribution in [3.63, 3.8) is 0 Å². The molecule has 0 saturated heterocycles. The Labute approximate surface area is 94.6 Å². The Morgan fingerprint density at radius 2 is 1.73 bits per heavy atom. The van der Waals surface area contributed by atoms with Gasteiger partial charge in [-0.1, -0.05) is 12.8 Å². The van der Waals surface area contributed by atoms with E-state index in [0.717, 1.165) is 19.0 Å². The summed E-state index contributed by atoms with van der Waals surface area (Å²) in [7, 11) is 6.46. The van der Waals surface area contributed by atoms with Gasteiger partial charge in [0.25, 0.3) is 0 Å². The van der Waals surface area contributed by atoms with Crippen molar-refractivity contribution in [1.82, 2.24) is 9.80 Å². The highest BCUT2D eigenvalue weighted by Gasteiger charge is 2.22. The monoisotopic (exact) mass is 213 g/mol. The summed E-state index contributed by atoms with van der Waals surface area (Å²) >= 11 is 0. The molecule has 1 fully saturated rings. The number of rotatable bonds is 5. The van der Waals surface area contributed by atoms with Crippen LogP contribution in [0.1, 0.15) is 25.7 Å². The summed E-state index contributed by atoms with van der Waals surface area (Å²) < 4.78 is 0. The molecule has 0 aliphatic heterocycles. The zero-order chi connectivity index (χ0) is 11.3. The van der Waals surface area contributed by atoms with Crippen LogP contribution in [-0.2, 0) is 0 Å². The molecule has 90 valence electrons. The molecule has 0 aromatic carbocycles. The Bertz CT molecular complexity index is 170. The average molecular weight is 213 g/mol. The van der Waals surface area contributed by atoms with Gasteiger partial charge >= 0.3 is 0 Å². The molecule has 3 heteroatoms. The van der Waals surface area contributed by atoms with Crippen LogP contribution in [0.4, 0.5) is 0 Å². The highest BCUT2D eigenvalue weighted by Crippen LogP contribution is 2.23. The summed E-state index contributed by atoms with van der Waals surface area (Å²) in [5.74, 6) is 0.728. The van der Waals surface area contributed by atoms with Crippen molar-refractivity contribution in [3.05, 3.63) is 0 Å². The molecule has 0 spiro atoms. The first-order valence-electron chi connectivity index (χ1n) is 6.18. The molecule has 1 rings (SSSR count). The minimum Gasteiger partial charge on any atom is -0.327 e. The summed E-state index contributed by atoms with van der Waals surface area (Å²) in [6.45, 7) is 3.46.